The van der Waals surface area contributed by atoms with Crippen LogP contribution in [0.2, 0.25) is 0 Å². The molecule has 0 spiro atoms. The first-order valence-electron chi connectivity index (χ1n) is 7.29. The van der Waals surface area contributed by atoms with E-state index in [2.05, 4.69) is 9.82 Å². The molecule has 0 fully saturated rings. The SMILES string of the molecule is Cc1cc(F)ccc1S(=O)(=O)Nc1cnn(Cc2ccccc2)c1. The minimum atomic E-state index is -3.79. The molecule has 0 atom stereocenters. The fourth-order valence-corrected chi connectivity index (χ4v) is 3.65. The fourth-order valence-electron chi connectivity index (χ4n) is 2.40. The molecule has 2 aromatic carbocycles. The Kier molecular flexibility index (Phi) is 4.35. The van der Waals surface area contributed by atoms with E-state index in [1.807, 2.05) is 30.3 Å². The van der Waals surface area contributed by atoms with Crippen molar-refractivity contribution >= 4 is 15.7 Å². The molecule has 0 bridgehead atoms. The number of hydrogen-bond acceptors (Lipinski definition) is 3. The summed E-state index contributed by atoms with van der Waals surface area (Å²) in [5.41, 5.74) is 1.76. The van der Waals surface area contributed by atoms with E-state index in [0.29, 0.717) is 17.8 Å². The van der Waals surface area contributed by atoms with Crippen LogP contribution >= 0.6 is 0 Å². The van der Waals surface area contributed by atoms with Crippen LogP contribution in [0, 0.1) is 12.7 Å². The van der Waals surface area contributed by atoms with Crippen LogP contribution in [0.15, 0.2) is 65.8 Å². The summed E-state index contributed by atoms with van der Waals surface area (Å²) in [6.45, 7) is 2.09. The molecule has 0 radical (unpaired) electrons. The summed E-state index contributed by atoms with van der Waals surface area (Å²) in [4.78, 5) is 0.0414. The number of halogens is 1. The zero-order valence-electron chi connectivity index (χ0n) is 13.0. The van der Waals surface area contributed by atoms with Crippen molar-refractivity contribution in [1.82, 2.24) is 9.78 Å². The largest absolute Gasteiger partial charge is 0.276 e. The van der Waals surface area contributed by atoms with Crippen molar-refractivity contribution in [2.45, 2.75) is 18.4 Å². The second-order valence-electron chi connectivity index (χ2n) is 5.43. The molecule has 0 saturated carbocycles. The molecule has 0 aliphatic carbocycles. The van der Waals surface area contributed by atoms with Gasteiger partial charge in [-0.1, -0.05) is 30.3 Å². The van der Waals surface area contributed by atoms with E-state index in [9.17, 15) is 12.8 Å². The van der Waals surface area contributed by atoms with Gasteiger partial charge in [-0.05, 0) is 36.2 Å². The molecule has 1 N–H and O–H groups in total. The zero-order valence-corrected chi connectivity index (χ0v) is 13.8. The monoisotopic (exact) mass is 345 g/mol. The van der Waals surface area contributed by atoms with E-state index >= 15 is 0 Å². The smallest absolute Gasteiger partial charge is 0.262 e. The fraction of sp³-hybridized carbons (Fsp3) is 0.118. The lowest BCUT2D eigenvalue weighted by Gasteiger charge is -2.08. The van der Waals surface area contributed by atoms with Crippen LogP contribution in [0.3, 0.4) is 0 Å². The highest BCUT2D eigenvalue weighted by Crippen LogP contribution is 2.20. The zero-order chi connectivity index (χ0) is 17.2. The molecular formula is C17H16FN3O2S. The number of hydrogen-bond donors (Lipinski definition) is 1. The van der Waals surface area contributed by atoms with Gasteiger partial charge >= 0.3 is 0 Å². The first-order chi connectivity index (χ1) is 11.4. The topological polar surface area (TPSA) is 64.0 Å². The van der Waals surface area contributed by atoms with Crippen LogP contribution in [0.1, 0.15) is 11.1 Å². The predicted molar refractivity (Wildman–Crippen MR) is 89.7 cm³/mol. The number of aromatic nitrogens is 2. The van der Waals surface area contributed by atoms with E-state index in [1.165, 1.54) is 18.3 Å². The molecule has 0 aliphatic rings. The van der Waals surface area contributed by atoms with Gasteiger partial charge in [0.25, 0.3) is 10.0 Å². The number of rotatable bonds is 5. The van der Waals surface area contributed by atoms with Gasteiger partial charge in [0.1, 0.15) is 5.82 Å². The van der Waals surface area contributed by atoms with Crippen LogP contribution in [-0.2, 0) is 16.6 Å². The molecule has 3 rings (SSSR count). The third-order valence-corrected chi connectivity index (χ3v) is 5.04. The molecule has 0 unspecified atom stereocenters. The van der Waals surface area contributed by atoms with Gasteiger partial charge in [0, 0.05) is 6.20 Å². The first kappa shape index (κ1) is 16.2. The Morgan fingerprint density at radius 3 is 2.62 bits per heavy atom. The van der Waals surface area contributed by atoms with Gasteiger partial charge in [-0.15, -0.1) is 0 Å². The number of nitrogens with one attached hydrogen (secondary N) is 1. The summed E-state index contributed by atoms with van der Waals surface area (Å²) >= 11 is 0. The second kappa shape index (κ2) is 6.45. The Hall–Kier alpha value is -2.67. The summed E-state index contributed by atoms with van der Waals surface area (Å²) in [5, 5.41) is 4.16. The normalized spacial score (nSPS) is 11.4. The number of sulfonamides is 1. The van der Waals surface area contributed by atoms with Crippen LogP contribution in [0.25, 0.3) is 0 Å². The highest BCUT2D eigenvalue weighted by Gasteiger charge is 2.18. The third kappa shape index (κ3) is 3.62. The summed E-state index contributed by atoms with van der Waals surface area (Å²) in [6.07, 6.45) is 3.06. The lowest BCUT2D eigenvalue weighted by atomic mass is 10.2. The molecule has 0 aliphatic heterocycles. The Labute approximate surface area is 139 Å². The Morgan fingerprint density at radius 2 is 1.92 bits per heavy atom. The summed E-state index contributed by atoms with van der Waals surface area (Å²) in [7, 11) is -3.79. The van der Waals surface area contributed by atoms with Gasteiger partial charge in [-0.2, -0.15) is 5.10 Å². The third-order valence-electron chi connectivity index (χ3n) is 3.50. The quantitative estimate of drug-likeness (QED) is 0.772. The minimum absolute atomic E-state index is 0.0414. The van der Waals surface area contributed by atoms with Crippen LogP contribution in [0.5, 0.6) is 0 Å². The van der Waals surface area contributed by atoms with Crippen molar-refractivity contribution in [3.63, 3.8) is 0 Å². The van der Waals surface area contributed by atoms with E-state index in [1.54, 1.807) is 17.8 Å². The van der Waals surface area contributed by atoms with E-state index in [-0.39, 0.29) is 4.90 Å². The van der Waals surface area contributed by atoms with Crippen LogP contribution < -0.4 is 4.72 Å². The maximum atomic E-state index is 13.1. The van der Waals surface area contributed by atoms with Crippen molar-refractivity contribution in [3.05, 3.63) is 77.9 Å². The highest BCUT2D eigenvalue weighted by atomic mass is 32.2. The molecule has 1 heterocycles. The molecule has 0 amide bonds. The molecule has 5 nitrogen and oxygen atoms in total. The van der Waals surface area contributed by atoms with Crippen molar-refractivity contribution < 1.29 is 12.8 Å². The van der Waals surface area contributed by atoms with Gasteiger partial charge in [-0.25, -0.2) is 12.8 Å². The van der Waals surface area contributed by atoms with Gasteiger partial charge < -0.3 is 0 Å². The van der Waals surface area contributed by atoms with Gasteiger partial charge in [-0.3, -0.25) is 9.40 Å². The highest BCUT2D eigenvalue weighted by molar-refractivity contribution is 7.92. The molecule has 3 aromatic rings. The average molecular weight is 345 g/mol. The van der Waals surface area contributed by atoms with Crippen molar-refractivity contribution in [2.24, 2.45) is 0 Å². The van der Waals surface area contributed by atoms with Crippen LogP contribution in [0.4, 0.5) is 10.1 Å². The summed E-state index contributed by atoms with van der Waals surface area (Å²) < 4.78 is 42.1. The van der Waals surface area contributed by atoms with Crippen LogP contribution in [-0.4, -0.2) is 18.2 Å². The Morgan fingerprint density at radius 1 is 1.17 bits per heavy atom. The minimum Gasteiger partial charge on any atom is -0.276 e. The molecule has 24 heavy (non-hydrogen) atoms. The number of aryl methyl sites for hydroxylation is 1. The second-order valence-corrected chi connectivity index (χ2v) is 7.08. The Balaban J connectivity index is 1.78. The van der Waals surface area contributed by atoms with Gasteiger partial charge in [0.2, 0.25) is 0 Å². The summed E-state index contributed by atoms with van der Waals surface area (Å²) in [6, 6.07) is 13.3. The molecule has 1 aromatic heterocycles. The molecule has 0 saturated heterocycles. The molecule has 7 heteroatoms. The number of nitrogens with zero attached hydrogens (tertiary/aromatic N) is 2. The lowest BCUT2D eigenvalue weighted by Crippen LogP contribution is -2.14. The van der Waals surface area contributed by atoms with Crippen molar-refractivity contribution in [2.75, 3.05) is 4.72 Å². The maximum Gasteiger partial charge on any atom is 0.262 e. The predicted octanol–water partition coefficient (Wildman–Crippen LogP) is 3.18. The van der Waals surface area contributed by atoms with Crippen molar-refractivity contribution in [3.8, 4) is 0 Å². The number of anilines is 1. The molecular weight excluding hydrogens is 329 g/mol. The lowest BCUT2D eigenvalue weighted by molar-refractivity contribution is 0.598. The molecule has 124 valence electrons. The first-order valence-corrected chi connectivity index (χ1v) is 8.78. The summed E-state index contributed by atoms with van der Waals surface area (Å²) in [5.74, 6) is -0.470. The standard InChI is InChI=1S/C17H16FN3O2S/c1-13-9-15(18)7-8-17(13)24(22,23)20-16-10-19-21(12-16)11-14-5-3-2-4-6-14/h2-10,12,20H,11H2,1H3. The average Bonchev–Trinajstić information content (AvgIpc) is 2.94. The van der Waals surface area contributed by atoms with Gasteiger partial charge in [0.15, 0.2) is 0 Å². The number of benzene rings is 2. The Bertz CT molecular complexity index is 953. The van der Waals surface area contributed by atoms with E-state index in [0.717, 1.165) is 11.6 Å². The van der Waals surface area contributed by atoms with E-state index < -0.39 is 15.8 Å². The van der Waals surface area contributed by atoms with E-state index in [4.69, 9.17) is 0 Å². The van der Waals surface area contributed by atoms with Gasteiger partial charge in [0.05, 0.1) is 23.3 Å². The van der Waals surface area contributed by atoms with Crippen molar-refractivity contribution in [1.29, 1.82) is 0 Å². The maximum absolute atomic E-state index is 13.1.